The van der Waals surface area contributed by atoms with Gasteiger partial charge >= 0.3 is 0 Å². The van der Waals surface area contributed by atoms with Gasteiger partial charge in [-0.25, -0.2) is 18.1 Å². The third-order valence-electron chi connectivity index (χ3n) is 5.43. The van der Waals surface area contributed by atoms with E-state index in [9.17, 15) is 17.2 Å². The topological polar surface area (TPSA) is 138 Å². The third kappa shape index (κ3) is 6.12. The molecular formula is C24H17Cl2N4O5S3-. The summed E-state index contributed by atoms with van der Waals surface area (Å²) in [6, 6.07) is 20.0. The number of sulfone groups is 1. The molecule has 196 valence electrons. The van der Waals surface area contributed by atoms with E-state index in [0.29, 0.717) is 21.1 Å². The van der Waals surface area contributed by atoms with E-state index in [4.69, 9.17) is 27.6 Å². The van der Waals surface area contributed by atoms with Crippen LogP contribution in [-0.4, -0.2) is 32.4 Å². The van der Waals surface area contributed by atoms with Gasteiger partial charge in [0.1, 0.15) is 5.01 Å². The Morgan fingerprint density at radius 3 is 2.45 bits per heavy atom. The lowest BCUT2D eigenvalue weighted by Crippen LogP contribution is -2.17. The lowest BCUT2D eigenvalue weighted by Gasteiger charge is -2.12. The summed E-state index contributed by atoms with van der Waals surface area (Å²) in [5, 5.41) is 7.15. The fourth-order valence-corrected chi connectivity index (χ4v) is 7.79. The first kappa shape index (κ1) is 26.9. The second kappa shape index (κ2) is 11.2. The van der Waals surface area contributed by atoms with Crippen LogP contribution in [0.5, 0.6) is 0 Å². The van der Waals surface area contributed by atoms with Crippen LogP contribution in [0.2, 0.25) is 10.0 Å². The van der Waals surface area contributed by atoms with E-state index in [-0.39, 0.29) is 23.3 Å². The number of aromatic nitrogens is 3. The molecule has 5 aromatic rings. The summed E-state index contributed by atoms with van der Waals surface area (Å²) >= 11 is 10.8. The molecule has 0 radical (unpaired) electrons. The predicted octanol–water partition coefficient (Wildman–Crippen LogP) is 5.24. The van der Waals surface area contributed by atoms with E-state index in [1.54, 1.807) is 0 Å². The van der Waals surface area contributed by atoms with Gasteiger partial charge in [0.05, 0.1) is 22.5 Å². The van der Waals surface area contributed by atoms with Gasteiger partial charge in [-0.2, -0.15) is 0 Å². The number of nitrogens with one attached hydrogen (secondary N) is 1. The number of benzene rings is 3. The van der Waals surface area contributed by atoms with Crippen LogP contribution in [0.1, 0.15) is 27.6 Å². The molecule has 2 heterocycles. The van der Waals surface area contributed by atoms with Crippen LogP contribution in [0.15, 0.2) is 71.1 Å². The van der Waals surface area contributed by atoms with Gasteiger partial charge in [-0.05, 0) is 47.0 Å². The number of rotatable bonds is 9. The van der Waals surface area contributed by atoms with E-state index < -0.39 is 32.1 Å². The fraction of sp³-hybridized carbons (Fsp3) is 0.125. The minimum absolute atomic E-state index is 0.0947. The average molecular weight is 609 g/mol. The molecule has 2 unspecified atom stereocenters. The monoisotopic (exact) mass is 607 g/mol. The second-order valence-corrected chi connectivity index (χ2v) is 12.9. The van der Waals surface area contributed by atoms with Gasteiger partial charge in [0, 0.05) is 21.3 Å². The lowest BCUT2D eigenvalue weighted by atomic mass is 10.1. The van der Waals surface area contributed by atoms with Gasteiger partial charge in [0.25, 0.3) is 0 Å². The van der Waals surface area contributed by atoms with Crippen molar-refractivity contribution in [3.8, 4) is 11.1 Å². The maximum Gasteiger partial charge on any atom is 0.241 e. The van der Waals surface area contributed by atoms with Gasteiger partial charge in [0.2, 0.25) is 11.8 Å². The van der Waals surface area contributed by atoms with Gasteiger partial charge < -0.3 is 8.97 Å². The van der Waals surface area contributed by atoms with Crippen LogP contribution < -0.4 is 4.72 Å². The Kier molecular flexibility index (Phi) is 7.91. The van der Waals surface area contributed by atoms with Crippen LogP contribution in [0.25, 0.3) is 21.3 Å². The van der Waals surface area contributed by atoms with Crippen molar-refractivity contribution in [2.75, 3.05) is 0 Å². The van der Waals surface area contributed by atoms with Gasteiger partial charge in [-0.1, -0.05) is 59.6 Å². The molecular weight excluding hydrogens is 591 g/mol. The van der Waals surface area contributed by atoms with Crippen molar-refractivity contribution in [1.29, 1.82) is 0 Å². The van der Waals surface area contributed by atoms with Gasteiger partial charge in [-0.15, -0.1) is 21.5 Å². The summed E-state index contributed by atoms with van der Waals surface area (Å²) in [7, 11) is -4.05. The minimum Gasteiger partial charge on any atom is -0.760 e. The molecule has 0 saturated heterocycles. The summed E-state index contributed by atoms with van der Waals surface area (Å²) < 4.78 is 57.8. The molecule has 38 heavy (non-hydrogen) atoms. The van der Waals surface area contributed by atoms with Crippen molar-refractivity contribution in [2.45, 2.75) is 17.5 Å². The maximum absolute atomic E-state index is 13.8. The largest absolute Gasteiger partial charge is 0.760 e. The Hall–Kier alpha value is -2.71. The van der Waals surface area contributed by atoms with Crippen molar-refractivity contribution in [3.63, 3.8) is 0 Å². The van der Waals surface area contributed by atoms with E-state index in [1.807, 2.05) is 48.5 Å². The van der Waals surface area contributed by atoms with E-state index in [0.717, 1.165) is 15.8 Å². The molecule has 0 amide bonds. The van der Waals surface area contributed by atoms with Crippen LogP contribution in [0.3, 0.4) is 0 Å². The molecule has 1 N–H and O–H groups in total. The fourth-order valence-electron chi connectivity index (χ4n) is 3.85. The Labute approximate surface area is 234 Å². The second-order valence-electron chi connectivity index (χ2n) is 8.16. The number of thiazole rings is 1. The molecule has 2 atom stereocenters. The zero-order valence-electron chi connectivity index (χ0n) is 19.2. The van der Waals surface area contributed by atoms with Gasteiger partial charge in [-0.3, -0.25) is 4.21 Å². The Morgan fingerprint density at radius 1 is 1.00 bits per heavy atom. The summed E-state index contributed by atoms with van der Waals surface area (Å²) in [6.45, 7) is -0.292. The molecule has 0 aliphatic rings. The average Bonchev–Trinajstić information content (AvgIpc) is 3.48. The van der Waals surface area contributed by atoms with Crippen LogP contribution >= 0.6 is 34.5 Å². The Balaban J connectivity index is 1.57. The first-order chi connectivity index (χ1) is 18.2. The molecule has 0 bridgehead atoms. The third-order valence-corrected chi connectivity index (χ3v) is 9.36. The van der Waals surface area contributed by atoms with Gasteiger partial charge in [0.15, 0.2) is 15.1 Å². The summed E-state index contributed by atoms with van der Waals surface area (Å²) in [5.41, 5.74) is 2.95. The standard InChI is InChI=1S/C24H18Cl2N4O5S3/c25-17-8-14(9-18(26)11-17)13-38(33,34)22(23-30-29-21(35-23)12-27-37(31)32)24-28-19-7-6-16(10-20(19)36-24)15-4-2-1-3-5-15/h1-11,22,27H,12-13H2,(H,31,32)/p-1. The number of fused-ring (bicyclic) bond motifs is 1. The SMILES string of the molecule is O=S([O-])NCc1nnc(C(c2nc3ccc(-c4ccccc4)cc3s2)S(=O)(=O)Cc2cc(Cl)cc(Cl)c2)o1. The summed E-state index contributed by atoms with van der Waals surface area (Å²) in [6.07, 6.45) is 0. The zero-order chi connectivity index (χ0) is 26.9. The van der Waals surface area contributed by atoms with E-state index in [2.05, 4.69) is 19.9 Å². The highest BCUT2D eigenvalue weighted by molar-refractivity contribution is 7.91. The molecule has 14 heteroatoms. The summed E-state index contributed by atoms with van der Waals surface area (Å²) in [4.78, 5) is 4.60. The molecule has 0 saturated carbocycles. The first-order valence-corrected chi connectivity index (χ1v) is 15.3. The van der Waals surface area contributed by atoms with Crippen molar-refractivity contribution in [3.05, 3.63) is 99.1 Å². The number of hydrogen-bond donors (Lipinski definition) is 1. The maximum atomic E-state index is 13.8. The quantitative estimate of drug-likeness (QED) is 0.224. The highest BCUT2D eigenvalue weighted by atomic mass is 35.5. The normalized spacial score (nSPS) is 13.6. The highest BCUT2D eigenvalue weighted by Crippen LogP contribution is 2.38. The zero-order valence-corrected chi connectivity index (χ0v) is 23.2. The van der Waals surface area contributed by atoms with E-state index in [1.165, 1.54) is 29.5 Å². The molecule has 3 aromatic carbocycles. The Bertz CT molecular complexity index is 1720. The minimum atomic E-state index is -4.05. The molecule has 0 aliphatic heterocycles. The molecule has 2 aromatic heterocycles. The lowest BCUT2D eigenvalue weighted by molar-refractivity contribution is 0.440. The number of hydrogen-bond acceptors (Lipinski definition) is 9. The van der Waals surface area contributed by atoms with Crippen LogP contribution in [-0.2, 0) is 33.4 Å². The van der Waals surface area contributed by atoms with Crippen molar-refractivity contribution in [1.82, 2.24) is 19.9 Å². The molecule has 5 rings (SSSR count). The number of nitrogens with zero attached hydrogens (tertiary/aromatic N) is 3. The molecule has 0 fully saturated rings. The van der Waals surface area contributed by atoms with E-state index >= 15 is 0 Å². The van der Waals surface area contributed by atoms with Crippen molar-refractivity contribution in [2.24, 2.45) is 0 Å². The summed E-state index contributed by atoms with van der Waals surface area (Å²) in [5.74, 6) is -0.749. The predicted molar refractivity (Wildman–Crippen MR) is 146 cm³/mol. The first-order valence-electron chi connectivity index (χ1n) is 11.0. The van der Waals surface area contributed by atoms with Crippen LogP contribution in [0.4, 0.5) is 0 Å². The number of halogens is 2. The highest BCUT2D eigenvalue weighted by Gasteiger charge is 2.37. The molecule has 0 spiro atoms. The molecule has 9 nitrogen and oxygen atoms in total. The van der Waals surface area contributed by atoms with Crippen LogP contribution in [0, 0.1) is 0 Å². The van der Waals surface area contributed by atoms with Crippen molar-refractivity contribution >= 4 is 65.9 Å². The van der Waals surface area contributed by atoms with Crippen molar-refractivity contribution < 1.29 is 21.6 Å². The Morgan fingerprint density at radius 2 is 1.74 bits per heavy atom. The molecule has 0 aliphatic carbocycles. The smallest absolute Gasteiger partial charge is 0.241 e.